The monoisotopic (exact) mass is 282 g/mol. The van der Waals surface area contributed by atoms with Crippen LogP contribution < -0.4 is 10.5 Å². The van der Waals surface area contributed by atoms with E-state index >= 15 is 0 Å². The Morgan fingerprint density at radius 1 is 1.60 bits per heavy atom. The molecule has 0 radical (unpaired) electrons. The Labute approximate surface area is 120 Å². The third kappa shape index (κ3) is 3.13. The number of ether oxygens (including phenoxy) is 2. The lowest BCUT2D eigenvalue weighted by Crippen LogP contribution is -2.30. The first-order valence-electron chi connectivity index (χ1n) is 7.16. The first kappa shape index (κ1) is 15.3. The summed E-state index contributed by atoms with van der Waals surface area (Å²) in [6, 6.07) is -0.105. The quantitative estimate of drug-likeness (QED) is 0.839. The molecule has 0 bridgehead atoms. The molecule has 6 nitrogen and oxygen atoms in total. The summed E-state index contributed by atoms with van der Waals surface area (Å²) in [5.74, 6) is 1.09. The van der Waals surface area contributed by atoms with Crippen molar-refractivity contribution in [1.82, 2.24) is 14.7 Å². The summed E-state index contributed by atoms with van der Waals surface area (Å²) in [7, 11) is 5.76. The van der Waals surface area contributed by atoms with E-state index in [0.717, 1.165) is 37.6 Å². The number of nitrogens with zero attached hydrogens (tertiary/aromatic N) is 3. The summed E-state index contributed by atoms with van der Waals surface area (Å²) in [5, 5.41) is 4.42. The molecule has 0 amide bonds. The van der Waals surface area contributed by atoms with Gasteiger partial charge < -0.3 is 20.1 Å². The zero-order chi connectivity index (χ0) is 14.7. The predicted octanol–water partition coefficient (Wildman–Crippen LogP) is 0.878. The van der Waals surface area contributed by atoms with Gasteiger partial charge in [-0.3, -0.25) is 4.68 Å². The maximum absolute atomic E-state index is 6.48. The van der Waals surface area contributed by atoms with E-state index in [4.69, 9.17) is 15.2 Å². The van der Waals surface area contributed by atoms with Crippen LogP contribution in [-0.4, -0.2) is 55.1 Å². The lowest BCUT2D eigenvalue weighted by molar-refractivity contribution is 0.0983. The van der Waals surface area contributed by atoms with Crippen LogP contribution in [0.4, 0.5) is 0 Å². The minimum absolute atomic E-state index is 0.105. The van der Waals surface area contributed by atoms with Crippen molar-refractivity contribution >= 4 is 0 Å². The van der Waals surface area contributed by atoms with Crippen molar-refractivity contribution in [3.63, 3.8) is 0 Å². The first-order valence-corrected chi connectivity index (χ1v) is 7.16. The van der Waals surface area contributed by atoms with Gasteiger partial charge in [-0.25, -0.2) is 0 Å². The normalized spacial score (nSPS) is 24.3. The van der Waals surface area contributed by atoms with E-state index in [1.165, 1.54) is 0 Å². The van der Waals surface area contributed by atoms with E-state index in [0.29, 0.717) is 5.92 Å². The molecule has 2 heterocycles. The van der Waals surface area contributed by atoms with Crippen molar-refractivity contribution in [3.05, 3.63) is 11.9 Å². The van der Waals surface area contributed by atoms with Gasteiger partial charge in [0, 0.05) is 19.1 Å². The first-order chi connectivity index (χ1) is 9.54. The average Bonchev–Trinajstić information content (AvgIpc) is 3.01. The summed E-state index contributed by atoms with van der Waals surface area (Å²) < 4.78 is 13.0. The molecule has 1 aromatic heterocycles. The van der Waals surface area contributed by atoms with Gasteiger partial charge in [0.2, 0.25) is 0 Å². The SMILES string of the molecule is COc1cnn(CCN(C)C)c1C(N)C1CCOC1C. The zero-order valence-electron chi connectivity index (χ0n) is 12.9. The molecule has 6 heteroatoms. The van der Waals surface area contributed by atoms with E-state index in [2.05, 4.69) is 16.9 Å². The van der Waals surface area contributed by atoms with Crippen molar-refractivity contribution in [2.75, 3.05) is 34.4 Å². The summed E-state index contributed by atoms with van der Waals surface area (Å²) in [4.78, 5) is 2.13. The topological polar surface area (TPSA) is 65.5 Å². The predicted molar refractivity (Wildman–Crippen MR) is 77.8 cm³/mol. The Balaban J connectivity index is 2.21. The summed E-state index contributed by atoms with van der Waals surface area (Å²) in [6.45, 7) is 4.60. The molecule has 1 saturated heterocycles. The molecule has 20 heavy (non-hydrogen) atoms. The van der Waals surface area contributed by atoms with Crippen LogP contribution in [0.2, 0.25) is 0 Å². The highest BCUT2D eigenvalue weighted by molar-refractivity contribution is 5.29. The molecule has 3 unspecified atom stereocenters. The number of hydrogen-bond donors (Lipinski definition) is 1. The molecule has 1 aliphatic rings. The van der Waals surface area contributed by atoms with Gasteiger partial charge in [-0.15, -0.1) is 0 Å². The van der Waals surface area contributed by atoms with Gasteiger partial charge >= 0.3 is 0 Å². The fourth-order valence-corrected chi connectivity index (χ4v) is 2.77. The van der Waals surface area contributed by atoms with E-state index in [-0.39, 0.29) is 12.1 Å². The maximum Gasteiger partial charge on any atom is 0.161 e. The van der Waals surface area contributed by atoms with E-state index in [1.807, 2.05) is 18.8 Å². The molecule has 0 aliphatic carbocycles. The third-order valence-electron chi connectivity index (χ3n) is 4.04. The van der Waals surface area contributed by atoms with Crippen molar-refractivity contribution in [1.29, 1.82) is 0 Å². The van der Waals surface area contributed by atoms with Gasteiger partial charge in [0.05, 0.1) is 37.7 Å². The van der Waals surface area contributed by atoms with Crippen LogP contribution in [-0.2, 0) is 11.3 Å². The number of hydrogen-bond acceptors (Lipinski definition) is 5. The smallest absolute Gasteiger partial charge is 0.161 e. The van der Waals surface area contributed by atoms with Crippen LogP contribution in [0, 0.1) is 5.92 Å². The Hall–Kier alpha value is -1.11. The van der Waals surface area contributed by atoms with Crippen LogP contribution in [0.3, 0.4) is 0 Å². The van der Waals surface area contributed by atoms with E-state index < -0.39 is 0 Å². The minimum Gasteiger partial charge on any atom is -0.493 e. The Morgan fingerprint density at radius 2 is 2.35 bits per heavy atom. The summed E-state index contributed by atoms with van der Waals surface area (Å²) in [6.07, 6.45) is 2.93. The molecule has 1 aromatic rings. The number of rotatable bonds is 6. The van der Waals surface area contributed by atoms with Crippen LogP contribution in [0.25, 0.3) is 0 Å². The highest BCUT2D eigenvalue weighted by atomic mass is 16.5. The van der Waals surface area contributed by atoms with Gasteiger partial charge in [0.15, 0.2) is 5.75 Å². The highest BCUT2D eigenvalue weighted by Gasteiger charge is 2.34. The van der Waals surface area contributed by atoms with E-state index in [1.54, 1.807) is 13.3 Å². The number of aromatic nitrogens is 2. The second-order valence-corrected chi connectivity index (χ2v) is 5.68. The van der Waals surface area contributed by atoms with Gasteiger partial charge in [-0.2, -0.15) is 5.10 Å². The fraction of sp³-hybridized carbons (Fsp3) is 0.786. The van der Waals surface area contributed by atoms with Crippen LogP contribution in [0.5, 0.6) is 5.75 Å². The van der Waals surface area contributed by atoms with Crippen LogP contribution in [0.1, 0.15) is 25.1 Å². The molecule has 0 saturated carbocycles. The molecule has 1 fully saturated rings. The molecule has 0 aromatic carbocycles. The van der Waals surface area contributed by atoms with Gasteiger partial charge in [-0.1, -0.05) is 0 Å². The molecule has 2 rings (SSSR count). The lowest BCUT2D eigenvalue weighted by Gasteiger charge is -2.24. The average molecular weight is 282 g/mol. The largest absolute Gasteiger partial charge is 0.493 e. The van der Waals surface area contributed by atoms with E-state index in [9.17, 15) is 0 Å². The Bertz CT molecular complexity index is 433. The second kappa shape index (κ2) is 6.56. The zero-order valence-corrected chi connectivity index (χ0v) is 12.9. The number of nitrogens with two attached hydrogens (primary N) is 1. The maximum atomic E-state index is 6.48. The summed E-state index contributed by atoms with van der Waals surface area (Å²) in [5.41, 5.74) is 7.47. The van der Waals surface area contributed by atoms with Gasteiger partial charge in [0.1, 0.15) is 0 Å². The highest BCUT2D eigenvalue weighted by Crippen LogP contribution is 2.35. The molecular formula is C14H26N4O2. The van der Waals surface area contributed by atoms with Crippen LogP contribution >= 0.6 is 0 Å². The third-order valence-corrected chi connectivity index (χ3v) is 4.04. The Kier molecular flexibility index (Phi) is 5.01. The summed E-state index contributed by atoms with van der Waals surface area (Å²) >= 11 is 0. The van der Waals surface area contributed by atoms with Crippen molar-refractivity contribution in [2.45, 2.75) is 32.0 Å². The Morgan fingerprint density at radius 3 is 2.90 bits per heavy atom. The van der Waals surface area contributed by atoms with Crippen molar-refractivity contribution < 1.29 is 9.47 Å². The molecule has 2 N–H and O–H groups in total. The van der Waals surface area contributed by atoms with Gasteiger partial charge in [-0.05, 0) is 27.4 Å². The van der Waals surface area contributed by atoms with Crippen molar-refractivity contribution in [3.8, 4) is 5.75 Å². The fourth-order valence-electron chi connectivity index (χ4n) is 2.77. The minimum atomic E-state index is -0.105. The number of methoxy groups -OCH3 is 1. The molecule has 3 atom stereocenters. The molecule has 0 spiro atoms. The number of likely N-dealkylation sites (N-methyl/N-ethyl adjacent to an activating group) is 1. The second-order valence-electron chi connectivity index (χ2n) is 5.68. The van der Waals surface area contributed by atoms with Gasteiger partial charge in [0.25, 0.3) is 0 Å². The lowest BCUT2D eigenvalue weighted by atomic mass is 9.91. The molecular weight excluding hydrogens is 256 g/mol. The standard InChI is InChI=1S/C14H26N4O2/c1-10-11(5-8-20-10)13(15)14-12(19-4)9-16-18(14)7-6-17(2)3/h9-11,13H,5-8,15H2,1-4H3. The van der Waals surface area contributed by atoms with Crippen molar-refractivity contribution in [2.24, 2.45) is 11.7 Å². The molecule has 1 aliphatic heterocycles. The molecule has 114 valence electrons. The van der Waals surface area contributed by atoms with Crippen LogP contribution in [0.15, 0.2) is 6.20 Å².